The standard InChI is InChI=1S/C13H18BrNO/c1-9-6-7-11(10(14)8-9)15-12-4-2-3-5-13(12)16/h6-8,12-13,15-16H,2-5H2,1H3. The van der Waals surface area contributed by atoms with Gasteiger partial charge in [0.15, 0.2) is 0 Å². The van der Waals surface area contributed by atoms with Crippen molar-refractivity contribution in [2.45, 2.75) is 44.8 Å². The minimum Gasteiger partial charge on any atom is -0.391 e. The summed E-state index contributed by atoms with van der Waals surface area (Å²) in [6.45, 7) is 2.07. The number of halogens is 1. The van der Waals surface area contributed by atoms with Crippen molar-refractivity contribution in [3.05, 3.63) is 28.2 Å². The quantitative estimate of drug-likeness (QED) is 0.871. The molecule has 0 amide bonds. The zero-order valence-corrected chi connectivity index (χ0v) is 11.1. The third-order valence-corrected chi connectivity index (χ3v) is 3.85. The molecule has 1 aliphatic carbocycles. The van der Waals surface area contributed by atoms with Crippen molar-refractivity contribution in [1.82, 2.24) is 0 Å². The fourth-order valence-corrected chi connectivity index (χ4v) is 2.82. The lowest BCUT2D eigenvalue weighted by molar-refractivity contribution is 0.116. The van der Waals surface area contributed by atoms with Crippen molar-refractivity contribution in [2.24, 2.45) is 0 Å². The molecule has 0 aromatic heterocycles. The third kappa shape index (κ3) is 2.77. The summed E-state index contributed by atoms with van der Waals surface area (Å²) in [5.41, 5.74) is 2.32. The van der Waals surface area contributed by atoms with E-state index in [2.05, 4.69) is 46.4 Å². The van der Waals surface area contributed by atoms with Crippen LogP contribution in [-0.2, 0) is 0 Å². The molecule has 16 heavy (non-hydrogen) atoms. The van der Waals surface area contributed by atoms with Gasteiger partial charge in [-0.15, -0.1) is 0 Å². The molecule has 2 atom stereocenters. The molecule has 88 valence electrons. The van der Waals surface area contributed by atoms with Gasteiger partial charge in [0.1, 0.15) is 0 Å². The number of benzene rings is 1. The van der Waals surface area contributed by atoms with Crippen LogP contribution in [0.3, 0.4) is 0 Å². The van der Waals surface area contributed by atoms with Gasteiger partial charge in [0.25, 0.3) is 0 Å². The van der Waals surface area contributed by atoms with E-state index in [1.165, 1.54) is 12.0 Å². The number of anilines is 1. The maximum Gasteiger partial charge on any atom is 0.0741 e. The molecule has 1 saturated carbocycles. The van der Waals surface area contributed by atoms with Crippen LogP contribution in [0.5, 0.6) is 0 Å². The predicted molar refractivity (Wildman–Crippen MR) is 70.8 cm³/mol. The van der Waals surface area contributed by atoms with Crippen LogP contribution in [0.4, 0.5) is 5.69 Å². The topological polar surface area (TPSA) is 32.3 Å². The normalized spacial score (nSPS) is 25.4. The van der Waals surface area contributed by atoms with Crippen molar-refractivity contribution >= 4 is 21.6 Å². The molecular formula is C13H18BrNO. The number of aliphatic hydroxyl groups excluding tert-OH is 1. The second-order valence-corrected chi connectivity index (χ2v) is 5.44. The van der Waals surface area contributed by atoms with Gasteiger partial charge in [-0.1, -0.05) is 18.9 Å². The van der Waals surface area contributed by atoms with Gasteiger partial charge in [-0.25, -0.2) is 0 Å². The van der Waals surface area contributed by atoms with Crippen molar-refractivity contribution in [3.63, 3.8) is 0 Å². The number of hydrogen-bond acceptors (Lipinski definition) is 2. The van der Waals surface area contributed by atoms with Crippen LogP contribution in [0.25, 0.3) is 0 Å². The van der Waals surface area contributed by atoms with E-state index in [0.29, 0.717) is 0 Å². The minimum absolute atomic E-state index is 0.202. The first-order chi connectivity index (χ1) is 7.66. The molecule has 2 rings (SSSR count). The van der Waals surface area contributed by atoms with Gasteiger partial charge in [0.2, 0.25) is 0 Å². The summed E-state index contributed by atoms with van der Waals surface area (Å²) < 4.78 is 1.07. The van der Waals surface area contributed by atoms with Crippen molar-refractivity contribution in [2.75, 3.05) is 5.32 Å². The lowest BCUT2D eigenvalue weighted by Gasteiger charge is -2.29. The van der Waals surface area contributed by atoms with Crippen LogP contribution in [0.1, 0.15) is 31.2 Å². The molecule has 2 N–H and O–H groups in total. The maximum atomic E-state index is 9.90. The fraction of sp³-hybridized carbons (Fsp3) is 0.538. The zero-order chi connectivity index (χ0) is 11.5. The Morgan fingerprint density at radius 1 is 1.31 bits per heavy atom. The first-order valence-corrected chi connectivity index (χ1v) is 6.67. The van der Waals surface area contributed by atoms with E-state index in [-0.39, 0.29) is 12.1 Å². The molecule has 2 unspecified atom stereocenters. The Bertz CT molecular complexity index is 367. The molecule has 1 aromatic rings. The summed E-state index contributed by atoms with van der Waals surface area (Å²) in [4.78, 5) is 0. The minimum atomic E-state index is -0.207. The Kier molecular flexibility index (Phi) is 3.87. The van der Waals surface area contributed by atoms with E-state index in [1.807, 2.05) is 0 Å². The van der Waals surface area contributed by atoms with Crippen LogP contribution in [0.15, 0.2) is 22.7 Å². The average molecular weight is 284 g/mol. The second-order valence-electron chi connectivity index (χ2n) is 4.59. The third-order valence-electron chi connectivity index (χ3n) is 3.19. The van der Waals surface area contributed by atoms with Crippen molar-refractivity contribution in [1.29, 1.82) is 0 Å². The number of rotatable bonds is 2. The van der Waals surface area contributed by atoms with Gasteiger partial charge < -0.3 is 10.4 Å². The summed E-state index contributed by atoms with van der Waals surface area (Å²) in [6, 6.07) is 6.45. The summed E-state index contributed by atoms with van der Waals surface area (Å²) in [7, 11) is 0. The molecule has 0 spiro atoms. The SMILES string of the molecule is Cc1ccc(NC2CCCCC2O)c(Br)c1. The van der Waals surface area contributed by atoms with E-state index < -0.39 is 0 Å². The summed E-state index contributed by atoms with van der Waals surface area (Å²) in [5, 5.41) is 13.3. The molecule has 1 aromatic carbocycles. The highest BCUT2D eigenvalue weighted by atomic mass is 79.9. The second kappa shape index (κ2) is 5.19. The van der Waals surface area contributed by atoms with Crippen molar-refractivity contribution < 1.29 is 5.11 Å². The number of nitrogens with one attached hydrogen (secondary N) is 1. The van der Waals surface area contributed by atoms with Gasteiger partial charge in [0, 0.05) is 10.2 Å². The summed E-state index contributed by atoms with van der Waals surface area (Å²) in [6.07, 6.45) is 4.12. The van der Waals surface area contributed by atoms with E-state index in [9.17, 15) is 5.11 Å². The Morgan fingerprint density at radius 3 is 2.75 bits per heavy atom. The maximum absolute atomic E-state index is 9.90. The Labute approximate surface area is 105 Å². The molecule has 0 radical (unpaired) electrons. The first kappa shape index (κ1) is 11.9. The van der Waals surface area contributed by atoms with Gasteiger partial charge in [0.05, 0.1) is 12.1 Å². The molecule has 1 aliphatic rings. The lowest BCUT2D eigenvalue weighted by Crippen LogP contribution is -2.36. The fourth-order valence-electron chi connectivity index (χ4n) is 2.22. The van der Waals surface area contributed by atoms with Gasteiger partial charge in [-0.3, -0.25) is 0 Å². The Balaban J connectivity index is 2.07. The molecule has 0 bridgehead atoms. The molecule has 2 nitrogen and oxygen atoms in total. The van der Waals surface area contributed by atoms with E-state index >= 15 is 0 Å². The first-order valence-electron chi connectivity index (χ1n) is 5.87. The van der Waals surface area contributed by atoms with Gasteiger partial charge in [-0.2, -0.15) is 0 Å². The Morgan fingerprint density at radius 2 is 2.06 bits per heavy atom. The predicted octanol–water partition coefficient (Wildman–Crippen LogP) is 3.47. The zero-order valence-electron chi connectivity index (χ0n) is 9.54. The highest BCUT2D eigenvalue weighted by Gasteiger charge is 2.23. The van der Waals surface area contributed by atoms with Gasteiger partial charge in [-0.05, 0) is 53.4 Å². The van der Waals surface area contributed by atoms with E-state index in [0.717, 1.165) is 29.4 Å². The van der Waals surface area contributed by atoms with E-state index in [1.54, 1.807) is 0 Å². The Hall–Kier alpha value is -0.540. The average Bonchev–Trinajstić information content (AvgIpc) is 2.25. The molecule has 3 heteroatoms. The van der Waals surface area contributed by atoms with Crippen LogP contribution in [0, 0.1) is 6.92 Å². The molecule has 0 aliphatic heterocycles. The largest absolute Gasteiger partial charge is 0.391 e. The van der Waals surface area contributed by atoms with E-state index in [4.69, 9.17) is 0 Å². The highest BCUT2D eigenvalue weighted by molar-refractivity contribution is 9.10. The summed E-state index contributed by atoms with van der Waals surface area (Å²) in [5.74, 6) is 0. The molecule has 0 saturated heterocycles. The molecular weight excluding hydrogens is 266 g/mol. The lowest BCUT2D eigenvalue weighted by atomic mass is 9.92. The van der Waals surface area contributed by atoms with Gasteiger partial charge >= 0.3 is 0 Å². The van der Waals surface area contributed by atoms with Crippen molar-refractivity contribution in [3.8, 4) is 0 Å². The van der Waals surface area contributed by atoms with Crippen LogP contribution in [0.2, 0.25) is 0 Å². The smallest absolute Gasteiger partial charge is 0.0741 e. The number of hydrogen-bond donors (Lipinski definition) is 2. The van der Waals surface area contributed by atoms with Crippen LogP contribution in [-0.4, -0.2) is 17.3 Å². The highest BCUT2D eigenvalue weighted by Crippen LogP contribution is 2.27. The number of aryl methyl sites for hydroxylation is 1. The molecule has 0 heterocycles. The monoisotopic (exact) mass is 283 g/mol. The summed E-state index contributed by atoms with van der Waals surface area (Å²) >= 11 is 3.55. The number of aliphatic hydroxyl groups is 1. The molecule has 1 fully saturated rings. The van der Waals surface area contributed by atoms with Crippen LogP contribution >= 0.6 is 15.9 Å². The van der Waals surface area contributed by atoms with Crippen LogP contribution < -0.4 is 5.32 Å².